The van der Waals surface area contributed by atoms with Crippen LogP contribution in [0.5, 0.6) is 0 Å². The lowest BCUT2D eigenvalue weighted by Crippen LogP contribution is -2.20. The van der Waals surface area contributed by atoms with Crippen molar-refractivity contribution in [1.82, 2.24) is 19.3 Å². The Kier molecular flexibility index (Phi) is 4.34. The third-order valence-electron chi connectivity index (χ3n) is 3.57. The molecule has 0 fully saturated rings. The van der Waals surface area contributed by atoms with Gasteiger partial charge in [-0.1, -0.05) is 23.4 Å². The molecule has 124 valence electrons. The third-order valence-corrected chi connectivity index (χ3v) is 4.58. The summed E-state index contributed by atoms with van der Waals surface area (Å²) in [5.74, 6) is 0.594. The Labute approximate surface area is 141 Å². The van der Waals surface area contributed by atoms with Gasteiger partial charge in [-0.05, 0) is 19.1 Å². The molecule has 0 saturated carbocycles. The van der Waals surface area contributed by atoms with Crippen molar-refractivity contribution in [3.05, 3.63) is 56.6 Å². The molecule has 3 aromatic rings. The fourth-order valence-electron chi connectivity index (χ4n) is 2.29. The number of benzene rings is 1. The van der Waals surface area contributed by atoms with Gasteiger partial charge in [-0.2, -0.15) is 5.10 Å². The first kappa shape index (κ1) is 16.2. The second-order valence-corrected chi connectivity index (χ2v) is 6.41. The second-order valence-electron chi connectivity index (χ2n) is 5.35. The summed E-state index contributed by atoms with van der Waals surface area (Å²) in [4.78, 5) is 27.1. The Morgan fingerprint density at radius 3 is 2.88 bits per heavy atom. The van der Waals surface area contributed by atoms with Crippen molar-refractivity contribution in [3.8, 4) is 0 Å². The first-order valence-electron chi connectivity index (χ1n) is 7.23. The van der Waals surface area contributed by atoms with E-state index in [0.29, 0.717) is 28.4 Å². The quantitative estimate of drug-likeness (QED) is 0.304. The Morgan fingerprint density at radius 1 is 1.38 bits per heavy atom. The molecule has 0 aliphatic rings. The van der Waals surface area contributed by atoms with Crippen molar-refractivity contribution in [2.45, 2.75) is 18.6 Å². The van der Waals surface area contributed by atoms with E-state index in [9.17, 15) is 14.9 Å². The summed E-state index contributed by atoms with van der Waals surface area (Å²) >= 11 is 1.41. The van der Waals surface area contributed by atoms with Gasteiger partial charge in [-0.3, -0.25) is 24.2 Å². The van der Waals surface area contributed by atoms with Crippen molar-refractivity contribution in [2.24, 2.45) is 7.05 Å². The monoisotopic (exact) mass is 345 g/mol. The number of aromatic nitrogens is 4. The number of aryl methyl sites for hydroxylation is 2. The van der Waals surface area contributed by atoms with Crippen molar-refractivity contribution in [2.75, 3.05) is 5.75 Å². The van der Waals surface area contributed by atoms with Crippen molar-refractivity contribution < 1.29 is 4.92 Å². The van der Waals surface area contributed by atoms with Gasteiger partial charge in [-0.15, -0.1) is 0 Å². The highest BCUT2D eigenvalue weighted by Gasteiger charge is 2.11. The van der Waals surface area contributed by atoms with E-state index in [4.69, 9.17) is 0 Å². The number of hydrogen-bond donors (Lipinski definition) is 0. The number of hydrogen-bond acceptors (Lipinski definition) is 6. The van der Waals surface area contributed by atoms with Crippen LogP contribution in [0.15, 0.2) is 40.5 Å². The molecule has 0 bridgehead atoms. The Morgan fingerprint density at radius 2 is 2.17 bits per heavy atom. The average Bonchev–Trinajstić information content (AvgIpc) is 3.02. The smallest absolute Gasteiger partial charge is 0.290 e. The van der Waals surface area contributed by atoms with Crippen LogP contribution in [0.2, 0.25) is 0 Å². The van der Waals surface area contributed by atoms with Gasteiger partial charge in [0.2, 0.25) is 0 Å². The highest BCUT2D eigenvalue weighted by molar-refractivity contribution is 7.99. The summed E-state index contributed by atoms with van der Waals surface area (Å²) < 4.78 is 3.03. The summed E-state index contributed by atoms with van der Waals surface area (Å²) in [6.07, 6.45) is 2.60. The predicted molar refractivity (Wildman–Crippen MR) is 91.3 cm³/mol. The first-order valence-corrected chi connectivity index (χ1v) is 8.21. The Balaban J connectivity index is 1.77. The van der Waals surface area contributed by atoms with Gasteiger partial charge in [0, 0.05) is 12.8 Å². The summed E-state index contributed by atoms with van der Waals surface area (Å²) in [5.41, 5.74) is 1.57. The fourth-order valence-corrected chi connectivity index (χ4v) is 3.19. The van der Waals surface area contributed by atoms with E-state index < -0.39 is 4.92 Å². The number of rotatable bonds is 5. The van der Waals surface area contributed by atoms with Crippen LogP contribution in [0, 0.1) is 17.0 Å². The zero-order valence-corrected chi connectivity index (χ0v) is 14.0. The minimum Gasteiger partial charge on any atom is -0.290 e. The van der Waals surface area contributed by atoms with Gasteiger partial charge in [0.25, 0.3) is 5.56 Å². The van der Waals surface area contributed by atoms with Crippen molar-refractivity contribution in [1.29, 1.82) is 0 Å². The van der Waals surface area contributed by atoms with E-state index in [-0.39, 0.29) is 11.2 Å². The average molecular weight is 345 g/mol. The topological polar surface area (TPSA) is 95.8 Å². The highest BCUT2D eigenvalue weighted by atomic mass is 32.2. The van der Waals surface area contributed by atoms with Gasteiger partial charge >= 0.3 is 5.69 Å². The second kappa shape index (κ2) is 6.44. The molecule has 2 aromatic heterocycles. The van der Waals surface area contributed by atoms with Crippen LogP contribution >= 0.6 is 11.8 Å². The van der Waals surface area contributed by atoms with Crippen LogP contribution in [0.3, 0.4) is 0 Å². The van der Waals surface area contributed by atoms with Crippen LogP contribution in [-0.4, -0.2) is 30.0 Å². The van der Waals surface area contributed by atoms with Gasteiger partial charge in [0.1, 0.15) is 12.4 Å². The first-order chi connectivity index (χ1) is 11.5. The van der Waals surface area contributed by atoms with Crippen molar-refractivity contribution in [3.63, 3.8) is 0 Å². The SMILES string of the molecule is Cc1ccc2nc(SCCn3cc([N+](=O)[O-])cn3)n(C)c(=O)c2c1. The maximum atomic E-state index is 12.4. The molecule has 0 unspecified atom stereocenters. The molecule has 2 heterocycles. The van der Waals surface area contributed by atoms with Crippen LogP contribution in [0.25, 0.3) is 10.9 Å². The van der Waals surface area contributed by atoms with Crippen LogP contribution < -0.4 is 5.56 Å². The molecule has 0 radical (unpaired) electrons. The van der Waals surface area contributed by atoms with E-state index in [1.54, 1.807) is 7.05 Å². The van der Waals surface area contributed by atoms with Gasteiger partial charge in [0.05, 0.1) is 22.4 Å². The molecule has 0 atom stereocenters. The van der Waals surface area contributed by atoms with Gasteiger partial charge in [-0.25, -0.2) is 4.98 Å². The van der Waals surface area contributed by atoms with Crippen LogP contribution in [-0.2, 0) is 13.6 Å². The summed E-state index contributed by atoms with van der Waals surface area (Å²) in [5, 5.41) is 15.8. The molecule has 0 aliphatic heterocycles. The number of nitro groups is 1. The molecular weight excluding hydrogens is 330 g/mol. The molecule has 24 heavy (non-hydrogen) atoms. The molecule has 0 saturated heterocycles. The molecular formula is C15H15N5O3S. The molecule has 9 heteroatoms. The molecule has 0 amide bonds. The Hall–Kier alpha value is -2.68. The number of nitrogens with zero attached hydrogens (tertiary/aromatic N) is 5. The minimum atomic E-state index is -0.479. The summed E-state index contributed by atoms with van der Waals surface area (Å²) in [7, 11) is 1.69. The highest BCUT2D eigenvalue weighted by Crippen LogP contribution is 2.18. The minimum absolute atomic E-state index is 0.0356. The van der Waals surface area contributed by atoms with E-state index in [2.05, 4.69) is 10.1 Å². The predicted octanol–water partition coefficient (Wildman–Crippen LogP) is 2.14. The summed E-state index contributed by atoms with van der Waals surface area (Å²) in [6, 6.07) is 5.60. The van der Waals surface area contributed by atoms with E-state index in [0.717, 1.165) is 5.56 Å². The molecule has 3 rings (SSSR count). The van der Waals surface area contributed by atoms with Gasteiger partial charge in [0.15, 0.2) is 5.16 Å². The number of thioether (sulfide) groups is 1. The van der Waals surface area contributed by atoms with E-state index in [1.165, 1.54) is 33.4 Å². The van der Waals surface area contributed by atoms with Gasteiger partial charge < -0.3 is 0 Å². The number of fused-ring (bicyclic) bond motifs is 1. The van der Waals surface area contributed by atoms with E-state index in [1.807, 2.05) is 25.1 Å². The normalized spacial score (nSPS) is 11.1. The lowest BCUT2D eigenvalue weighted by molar-refractivity contribution is -0.385. The van der Waals surface area contributed by atoms with Crippen LogP contribution in [0.4, 0.5) is 5.69 Å². The maximum absolute atomic E-state index is 12.4. The molecule has 8 nitrogen and oxygen atoms in total. The Bertz CT molecular complexity index is 979. The fraction of sp³-hybridized carbons (Fsp3) is 0.267. The summed E-state index contributed by atoms with van der Waals surface area (Å²) in [6.45, 7) is 2.42. The maximum Gasteiger partial charge on any atom is 0.306 e. The zero-order chi connectivity index (χ0) is 17.3. The molecule has 0 aliphatic carbocycles. The molecule has 1 aromatic carbocycles. The van der Waals surface area contributed by atoms with Crippen molar-refractivity contribution >= 4 is 28.4 Å². The standard InChI is InChI=1S/C15H15N5O3S/c1-10-3-4-13-12(7-10)14(21)18(2)15(17-13)24-6-5-19-9-11(8-16-19)20(22)23/h3-4,7-9H,5-6H2,1-2H3. The molecule has 0 spiro atoms. The lowest BCUT2D eigenvalue weighted by Gasteiger charge is -2.09. The zero-order valence-electron chi connectivity index (χ0n) is 13.2. The molecule has 0 N–H and O–H groups in total. The largest absolute Gasteiger partial charge is 0.306 e. The van der Waals surface area contributed by atoms with Crippen LogP contribution in [0.1, 0.15) is 5.56 Å². The lowest BCUT2D eigenvalue weighted by atomic mass is 10.2. The van der Waals surface area contributed by atoms with E-state index >= 15 is 0 Å². The third kappa shape index (κ3) is 3.16.